The summed E-state index contributed by atoms with van der Waals surface area (Å²) in [5.74, 6) is -0.231. The molecule has 0 aliphatic carbocycles. The van der Waals surface area contributed by atoms with Crippen LogP contribution in [0.1, 0.15) is 12.6 Å². The fourth-order valence-electron chi connectivity index (χ4n) is 2.70. The number of hydrogen-bond acceptors (Lipinski definition) is 5. The Morgan fingerprint density at radius 2 is 1.59 bits per heavy atom. The number of carbonyl (C=O) groups excluding carboxylic acids is 1. The molecule has 0 amide bonds. The predicted octanol–water partition coefficient (Wildman–Crippen LogP) is 3.07. The smallest absolute Gasteiger partial charge is 0.311 e. The third kappa shape index (κ3) is 4.74. The molecule has 4 nitrogen and oxygen atoms in total. The molecule has 0 aliphatic rings. The molecule has 1 aromatic heterocycles. The molecular formula is C21H23N2O2PS. The normalized spacial score (nSPS) is 10.8. The zero-order chi connectivity index (χ0) is 19.2. The number of nitrogens with zero attached hydrogens (tertiary/aromatic N) is 2. The van der Waals surface area contributed by atoms with Gasteiger partial charge in [-0.25, -0.2) is 4.98 Å². The van der Waals surface area contributed by atoms with Crippen LogP contribution in [-0.2, 0) is 16.0 Å². The maximum absolute atomic E-state index is 12.2. The van der Waals surface area contributed by atoms with Crippen molar-refractivity contribution in [1.82, 2.24) is 4.98 Å². The van der Waals surface area contributed by atoms with E-state index in [-0.39, 0.29) is 12.4 Å². The van der Waals surface area contributed by atoms with Gasteiger partial charge in [-0.15, -0.1) is 0 Å². The van der Waals surface area contributed by atoms with Gasteiger partial charge in [0.2, 0.25) is 0 Å². The Labute approximate surface area is 165 Å². The molecule has 0 spiro atoms. The van der Waals surface area contributed by atoms with Gasteiger partial charge in [0.05, 0.1) is 23.3 Å². The third-order valence-electron chi connectivity index (χ3n) is 3.90. The first kappa shape index (κ1) is 19.5. The summed E-state index contributed by atoms with van der Waals surface area (Å²) < 4.78 is 6.33. The second kappa shape index (κ2) is 9.12. The average Bonchev–Trinajstić information content (AvgIpc) is 3.08. The highest BCUT2D eigenvalue weighted by Gasteiger charge is 2.25. The molecule has 0 atom stereocenters. The van der Waals surface area contributed by atoms with Gasteiger partial charge >= 0.3 is 5.97 Å². The van der Waals surface area contributed by atoms with Crippen molar-refractivity contribution in [3.8, 4) is 0 Å². The Hall–Kier alpha value is -2.23. The van der Waals surface area contributed by atoms with Crippen molar-refractivity contribution >= 4 is 45.6 Å². The van der Waals surface area contributed by atoms with Gasteiger partial charge in [-0.3, -0.25) is 4.79 Å². The van der Waals surface area contributed by atoms with Gasteiger partial charge in [-0.05, 0) is 25.5 Å². The van der Waals surface area contributed by atoms with E-state index in [0.29, 0.717) is 6.61 Å². The largest absolute Gasteiger partial charge is 0.466 e. The van der Waals surface area contributed by atoms with Crippen LogP contribution in [0.4, 0.5) is 5.13 Å². The quantitative estimate of drug-likeness (QED) is 0.453. The minimum Gasteiger partial charge on any atom is -0.466 e. The highest BCUT2D eigenvalue weighted by atomic mass is 32.1. The number of hydrogen-bond donors (Lipinski definition) is 0. The molecule has 1 heterocycles. The molecule has 0 unspecified atom stereocenters. The number of benzene rings is 2. The third-order valence-corrected chi connectivity index (χ3v) is 8.08. The number of thiazole rings is 1. The van der Waals surface area contributed by atoms with Crippen molar-refractivity contribution in [3.63, 3.8) is 0 Å². The fraction of sp³-hybridized carbons (Fsp3) is 0.238. The Balaban J connectivity index is 2.12. The van der Waals surface area contributed by atoms with Crippen molar-refractivity contribution in [1.29, 1.82) is 0 Å². The fourth-order valence-corrected chi connectivity index (χ4v) is 6.78. The van der Waals surface area contributed by atoms with Crippen LogP contribution in [0, 0.1) is 0 Å². The Morgan fingerprint density at radius 3 is 2.07 bits per heavy atom. The maximum atomic E-state index is 12.2. The molecule has 0 saturated carbocycles. The first-order valence-corrected chi connectivity index (χ1v) is 11.0. The summed E-state index contributed by atoms with van der Waals surface area (Å²) in [7, 11) is 3.16. The SMILES string of the molecule is CCOC(=O)Cc1nc(N(C)C)sc1P(c1ccccc1)c1ccccc1. The van der Waals surface area contributed by atoms with E-state index >= 15 is 0 Å². The summed E-state index contributed by atoms with van der Waals surface area (Å²) in [6.45, 7) is 2.21. The van der Waals surface area contributed by atoms with Crippen LogP contribution < -0.4 is 20.1 Å². The maximum Gasteiger partial charge on any atom is 0.311 e. The molecule has 0 N–H and O–H groups in total. The van der Waals surface area contributed by atoms with Crippen molar-refractivity contribution in [2.24, 2.45) is 0 Å². The summed E-state index contributed by atoms with van der Waals surface area (Å²) >= 11 is 1.66. The van der Waals surface area contributed by atoms with Gasteiger partial charge in [0.1, 0.15) is 0 Å². The number of carbonyl (C=O) groups is 1. The molecule has 140 valence electrons. The Bertz CT molecular complexity index is 842. The molecule has 0 saturated heterocycles. The molecular weight excluding hydrogens is 375 g/mol. The van der Waals surface area contributed by atoms with Crippen LogP contribution in [0.5, 0.6) is 0 Å². The van der Waals surface area contributed by atoms with Crippen LogP contribution in [0.3, 0.4) is 0 Å². The first-order chi connectivity index (χ1) is 13.1. The highest BCUT2D eigenvalue weighted by molar-refractivity contribution is 7.84. The van der Waals surface area contributed by atoms with Crippen molar-refractivity contribution in [3.05, 3.63) is 66.4 Å². The van der Waals surface area contributed by atoms with Gasteiger partial charge < -0.3 is 9.64 Å². The van der Waals surface area contributed by atoms with E-state index in [1.807, 2.05) is 38.1 Å². The van der Waals surface area contributed by atoms with E-state index in [2.05, 4.69) is 48.5 Å². The van der Waals surface area contributed by atoms with E-state index < -0.39 is 7.92 Å². The molecule has 27 heavy (non-hydrogen) atoms. The number of aromatic nitrogens is 1. The Morgan fingerprint density at radius 1 is 1.04 bits per heavy atom. The van der Waals surface area contributed by atoms with Gasteiger partial charge in [0.25, 0.3) is 0 Å². The van der Waals surface area contributed by atoms with Crippen LogP contribution in [0.2, 0.25) is 0 Å². The topological polar surface area (TPSA) is 42.4 Å². The van der Waals surface area contributed by atoms with E-state index in [1.54, 1.807) is 11.3 Å². The molecule has 0 bridgehead atoms. The van der Waals surface area contributed by atoms with Gasteiger partial charge in [0, 0.05) is 14.1 Å². The summed E-state index contributed by atoms with van der Waals surface area (Å²) in [6, 6.07) is 20.9. The van der Waals surface area contributed by atoms with Gasteiger partial charge in [-0.1, -0.05) is 72.0 Å². The minimum absolute atomic E-state index is 0.200. The zero-order valence-corrected chi connectivity index (χ0v) is 17.5. The van der Waals surface area contributed by atoms with Gasteiger partial charge in [0.15, 0.2) is 5.13 Å². The van der Waals surface area contributed by atoms with Crippen LogP contribution in [0.25, 0.3) is 0 Å². The lowest BCUT2D eigenvalue weighted by Crippen LogP contribution is -2.22. The second-order valence-corrected chi connectivity index (χ2v) is 9.56. The lowest BCUT2D eigenvalue weighted by molar-refractivity contribution is -0.142. The number of rotatable bonds is 7. The van der Waals surface area contributed by atoms with Crippen molar-refractivity contribution < 1.29 is 9.53 Å². The molecule has 6 heteroatoms. The molecule has 0 aliphatic heterocycles. The van der Waals surface area contributed by atoms with Crippen LogP contribution in [0.15, 0.2) is 60.7 Å². The number of anilines is 1. The molecule has 2 aromatic carbocycles. The van der Waals surface area contributed by atoms with Crippen LogP contribution in [-0.4, -0.2) is 31.7 Å². The zero-order valence-electron chi connectivity index (χ0n) is 15.8. The van der Waals surface area contributed by atoms with E-state index in [9.17, 15) is 4.79 Å². The molecule has 3 rings (SSSR count). The lowest BCUT2D eigenvalue weighted by atomic mass is 10.3. The summed E-state index contributed by atoms with van der Waals surface area (Å²) in [6.07, 6.45) is 0.200. The van der Waals surface area contributed by atoms with Crippen molar-refractivity contribution in [2.75, 3.05) is 25.6 Å². The lowest BCUT2D eigenvalue weighted by Gasteiger charge is -2.18. The summed E-state index contributed by atoms with van der Waals surface area (Å²) in [5.41, 5.74) is 0.820. The highest BCUT2D eigenvalue weighted by Crippen LogP contribution is 2.38. The van der Waals surface area contributed by atoms with E-state index in [1.165, 1.54) is 10.6 Å². The van der Waals surface area contributed by atoms with Crippen molar-refractivity contribution in [2.45, 2.75) is 13.3 Å². The standard InChI is InChI=1S/C21H23N2O2PS/c1-4-25-19(24)15-18-20(27-21(22-18)23(2)3)26(16-11-7-5-8-12-16)17-13-9-6-10-14-17/h5-14H,4,15H2,1-3H3. The molecule has 0 radical (unpaired) electrons. The minimum atomic E-state index is -0.789. The van der Waals surface area contributed by atoms with Gasteiger partial charge in [-0.2, -0.15) is 0 Å². The van der Waals surface area contributed by atoms with Crippen LogP contribution >= 0.6 is 19.3 Å². The second-order valence-electron chi connectivity index (χ2n) is 6.13. The number of esters is 1. The van der Waals surface area contributed by atoms with E-state index in [4.69, 9.17) is 9.72 Å². The molecule has 3 aromatic rings. The Kier molecular flexibility index (Phi) is 6.59. The average molecular weight is 398 g/mol. The monoisotopic (exact) mass is 398 g/mol. The predicted molar refractivity (Wildman–Crippen MR) is 115 cm³/mol. The first-order valence-electron chi connectivity index (χ1n) is 8.83. The summed E-state index contributed by atoms with van der Waals surface area (Å²) in [4.78, 5) is 18.9. The summed E-state index contributed by atoms with van der Waals surface area (Å²) in [5, 5.41) is 3.40. The molecule has 0 fully saturated rings. The van der Waals surface area contributed by atoms with E-state index in [0.717, 1.165) is 15.4 Å². The number of ether oxygens (including phenoxy) is 1.